The largest absolute Gasteiger partial charge is 0.399 e. The maximum Gasteiger partial charge on any atom is 0.106 e. The van der Waals surface area contributed by atoms with Crippen molar-refractivity contribution >= 4 is 6.21 Å². The van der Waals surface area contributed by atoms with Crippen molar-refractivity contribution in [2.45, 2.75) is 0 Å². The first kappa shape index (κ1) is 6.74. The minimum Gasteiger partial charge on any atom is -0.399 e. The minimum absolute atomic E-state index is 0.983. The number of oxime groups is 1. The van der Waals surface area contributed by atoms with E-state index in [-0.39, 0.29) is 0 Å². The fourth-order valence-corrected chi connectivity index (χ4v) is 0.563. The Morgan fingerprint density at radius 2 is 2.20 bits per heavy atom. The monoisotopic (exact) mass is 136 g/mol. The summed E-state index contributed by atoms with van der Waals surface area (Å²) in [5.74, 6) is 0. The second-order valence-electron chi connectivity index (χ2n) is 1.70. The maximum atomic E-state index is 4.49. The lowest BCUT2D eigenvalue weighted by Crippen LogP contribution is -1.80. The molecule has 0 aliphatic rings. The summed E-state index contributed by atoms with van der Waals surface area (Å²) in [6.45, 7) is 0. The van der Waals surface area contributed by atoms with Crippen molar-refractivity contribution in [2.75, 3.05) is 7.11 Å². The third-order valence-electron chi connectivity index (χ3n) is 1.01. The molecular weight excluding hydrogens is 128 g/mol. The summed E-state index contributed by atoms with van der Waals surface area (Å²) in [4.78, 5) is 8.35. The first-order valence-electron chi connectivity index (χ1n) is 2.90. The molecule has 0 aliphatic carbocycles. The van der Waals surface area contributed by atoms with Crippen molar-refractivity contribution in [3.8, 4) is 0 Å². The standard InChI is InChI=1S/C7H8N2O/c1-10-9-6-7-2-4-8-5-3-7/h2-6H,1H3/b9-6+. The molecule has 0 N–H and O–H groups in total. The lowest BCUT2D eigenvalue weighted by molar-refractivity contribution is 0.215. The Labute approximate surface area is 59.3 Å². The molecular formula is C7H8N2O. The number of hydrogen-bond acceptors (Lipinski definition) is 3. The molecule has 0 unspecified atom stereocenters. The second-order valence-corrected chi connectivity index (χ2v) is 1.70. The molecule has 0 saturated heterocycles. The molecule has 52 valence electrons. The van der Waals surface area contributed by atoms with Gasteiger partial charge in [-0.1, -0.05) is 5.16 Å². The Balaban J connectivity index is 2.67. The highest BCUT2D eigenvalue weighted by Crippen LogP contribution is 1.90. The van der Waals surface area contributed by atoms with E-state index in [1.165, 1.54) is 7.11 Å². The Morgan fingerprint density at radius 3 is 2.80 bits per heavy atom. The van der Waals surface area contributed by atoms with E-state index in [0.29, 0.717) is 0 Å². The number of rotatable bonds is 2. The minimum atomic E-state index is 0.983. The predicted molar refractivity (Wildman–Crippen MR) is 38.8 cm³/mol. The molecule has 0 bridgehead atoms. The van der Waals surface area contributed by atoms with Gasteiger partial charge in [0.15, 0.2) is 0 Å². The van der Waals surface area contributed by atoms with Crippen LogP contribution in [0.2, 0.25) is 0 Å². The van der Waals surface area contributed by atoms with Gasteiger partial charge in [0.2, 0.25) is 0 Å². The van der Waals surface area contributed by atoms with Gasteiger partial charge in [0.1, 0.15) is 7.11 Å². The van der Waals surface area contributed by atoms with Crippen molar-refractivity contribution in [1.29, 1.82) is 0 Å². The first-order chi connectivity index (χ1) is 4.93. The summed E-state index contributed by atoms with van der Waals surface area (Å²) < 4.78 is 0. The number of pyridine rings is 1. The van der Waals surface area contributed by atoms with Crippen LogP contribution in [0.4, 0.5) is 0 Å². The van der Waals surface area contributed by atoms with Crippen molar-refractivity contribution in [3.63, 3.8) is 0 Å². The highest BCUT2D eigenvalue weighted by molar-refractivity contribution is 5.78. The van der Waals surface area contributed by atoms with Crippen molar-refractivity contribution < 1.29 is 4.84 Å². The van der Waals surface area contributed by atoms with E-state index >= 15 is 0 Å². The zero-order valence-electron chi connectivity index (χ0n) is 5.69. The highest BCUT2D eigenvalue weighted by Gasteiger charge is 1.81. The molecule has 0 radical (unpaired) electrons. The van der Waals surface area contributed by atoms with Crippen LogP contribution in [0.3, 0.4) is 0 Å². The topological polar surface area (TPSA) is 34.5 Å². The van der Waals surface area contributed by atoms with Crippen LogP contribution in [-0.4, -0.2) is 18.3 Å². The van der Waals surface area contributed by atoms with Gasteiger partial charge in [0, 0.05) is 12.4 Å². The van der Waals surface area contributed by atoms with Crippen LogP contribution in [0.1, 0.15) is 5.56 Å². The predicted octanol–water partition coefficient (Wildman–Crippen LogP) is 1.06. The molecule has 0 aromatic carbocycles. The van der Waals surface area contributed by atoms with Crippen LogP contribution < -0.4 is 0 Å². The Kier molecular flexibility index (Phi) is 2.43. The molecule has 3 nitrogen and oxygen atoms in total. The molecule has 3 heteroatoms. The third-order valence-corrected chi connectivity index (χ3v) is 1.01. The zero-order chi connectivity index (χ0) is 7.23. The van der Waals surface area contributed by atoms with Gasteiger partial charge in [-0.15, -0.1) is 0 Å². The van der Waals surface area contributed by atoms with E-state index < -0.39 is 0 Å². The summed E-state index contributed by atoms with van der Waals surface area (Å²) in [5.41, 5.74) is 0.983. The normalized spacial score (nSPS) is 10.1. The zero-order valence-corrected chi connectivity index (χ0v) is 5.69. The average molecular weight is 136 g/mol. The van der Waals surface area contributed by atoms with Gasteiger partial charge < -0.3 is 4.84 Å². The molecule has 1 aromatic rings. The van der Waals surface area contributed by atoms with E-state index in [9.17, 15) is 0 Å². The molecule has 0 saturated carbocycles. The van der Waals surface area contributed by atoms with Gasteiger partial charge in [-0.05, 0) is 17.7 Å². The van der Waals surface area contributed by atoms with Crippen molar-refractivity contribution in [1.82, 2.24) is 4.98 Å². The number of hydrogen-bond donors (Lipinski definition) is 0. The Morgan fingerprint density at radius 1 is 1.50 bits per heavy atom. The van der Waals surface area contributed by atoms with E-state index in [2.05, 4.69) is 15.0 Å². The molecule has 10 heavy (non-hydrogen) atoms. The van der Waals surface area contributed by atoms with Crippen LogP contribution in [0, 0.1) is 0 Å². The number of aromatic nitrogens is 1. The smallest absolute Gasteiger partial charge is 0.106 e. The molecule has 1 aromatic heterocycles. The third kappa shape index (κ3) is 1.85. The van der Waals surface area contributed by atoms with Crippen LogP contribution in [0.25, 0.3) is 0 Å². The molecule has 0 atom stereocenters. The fourth-order valence-electron chi connectivity index (χ4n) is 0.563. The summed E-state index contributed by atoms with van der Waals surface area (Å²) in [5, 5.41) is 3.59. The number of nitrogens with zero attached hydrogens (tertiary/aromatic N) is 2. The average Bonchev–Trinajstić information content (AvgIpc) is 2.03. The molecule has 0 fully saturated rings. The van der Waals surface area contributed by atoms with Gasteiger partial charge in [-0.3, -0.25) is 4.98 Å². The van der Waals surface area contributed by atoms with Crippen molar-refractivity contribution in [3.05, 3.63) is 30.1 Å². The molecule has 1 heterocycles. The molecule has 0 spiro atoms. The van der Waals surface area contributed by atoms with Crippen LogP contribution >= 0.6 is 0 Å². The SMILES string of the molecule is CO/N=C/c1ccncc1. The summed E-state index contributed by atoms with van der Waals surface area (Å²) >= 11 is 0. The first-order valence-corrected chi connectivity index (χ1v) is 2.90. The maximum absolute atomic E-state index is 4.49. The lowest BCUT2D eigenvalue weighted by Gasteiger charge is -1.87. The summed E-state index contributed by atoms with van der Waals surface area (Å²) in [6.07, 6.45) is 5.04. The van der Waals surface area contributed by atoms with Crippen molar-refractivity contribution in [2.24, 2.45) is 5.16 Å². The van der Waals surface area contributed by atoms with E-state index in [0.717, 1.165) is 5.56 Å². The Hall–Kier alpha value is -1.38. The van der Waals surface area contributed by atoms with Gasteiger partial charge in [-0.25, -0.2) is 0 Å². The quantitative estimate of drug-likeness (QED) is 0.450. The lowest BCUT2D eigenvalue weighted by atomic mass is 10.3. The van der Waals surface area contributed by atoms with Gasteiger partial charge in [0.05, 0.1) is 6.21 Å². The van der Waals surface area contributed by atoms with Gasteiger partial charge in [0.25, 0.3) is 0 Å². The second kappa shape index (κ2) is 3.61. The molecule has 1 rings (SSSR count). The van der Waals surface area contributed by atoms with E-state index in [1.54, 1.807) is 18.6 Å². The molecule has 0 aliphatic heterocycles. The van der Waals surface area contributed by atoms with Crippen LogP contribution in [-0.2, 0) is 4.84 Å². The summed E-state index contributed by atoms with van der Waals surface area (Å²) in [6, 6.07) is 3.70. The molecule has 0 amide bonds. The summed E-state index contributed by atoms with van der Waals surface area (Å²) in [7, 11) is 1.51. The van der Waals surface area contributed by atoms with Gasteiger partial charge >= 0.3 is 0 Å². The van der Waals surface area contributed by atoms with Crippen LogP contribution in [0.5, 0.6) is 0 Å². The van der Waals surface area contributed by atoms with E-state index in [4.69, 9.17) is 0 Å². The van der Waals surface area contributed by atoms with Crippen LogP contribution in [0.15, 0.2) is 29.7 Å². The highest BCUT2D eigenvalue weighted by atomic mass is 16.6. The Bertz CT molecular complexity index is 208. The van der Waals surface area contributed by atoms with E-state index in [1.807, 2.05) is 12.1 Å². The fraction of sp³-hybridized carbons (Fsp3) is 0.143. The van der Waals surface area contributed by atoms with Gasteiger partial charge in [-0.2, -0.15) is 0 Å².